The van der Waals surface area contributed by atoms with E-state index < -0.39 is 0 Å². The number of nitrogens with one attached hydrogen (secondary N) is 1. The van der Waals surface area contributed by atoms with Crippen molar-refractivity contribution in [2.24, 2.45) is 0 Å². The summed E-state index contributed by atoms with van der Waals surface area (Å²) in [4.78, 5) is 0. The molecule has 3 heteroatoms. The van der Waals surface area contributed by atoms with E-state index in [9.17, 15) is 0 Å². The molecular formula is C15H24BrNO. The molecule has 0 aliphatic heterocycles. The summed E-state index contributed by atoms with van der Waals surface area (Å²) in [5.74, 6) is 0. The lowest BCUT2D eigenvalue weighted by Crippen LogP contribution is -2.32. The van der Waals surface area contributed by atoms with Crippen molar-refractivity contribution in [1.82, 2.24) is 5.32 Å². The molecule has 0 saturated heterocycles. The standard InChI is InChI=1S/C15H24BrNO/c1-3-9-17-15(8-5-10-18-2)12-13-6-4-7-14(16)11-13/h4,6-7,11,15,17H,3,5,8-10,12H2,1-2H3. The topological polar surface area (TPSA) is 21.3 Å². The van der Waals surface area contributed by atoms with E-state index in [0.29, 0.717) is 6.04 Å². The van der Waals surface area contributed by atoms with Crippen molar-refractivity contribution in [3.63, 3.8) is 0 Å². The highest BCUT2D eigenvalue weighted by Gasteiger charge is 2.08. The van der Waals surface area contributed by atoms with Crippen molar-refractivity contribution in [2.75, 3.05) is 20.3 Å². The van der Waals surface area contributed by atoms with Gasteiger partial charge in [-0.25, -0.2) is 0 Å². The predicted molar refractivity (Wildman–Crippen MR) is 81.0 cm³/mol. The van der Waals surface area contributed by atoms with Gasteiger partial charge >= 0.3 is 0 Å². The van der Waals surface area contributed by atoms with Gasteiger partial charge in [-0.05, 0) is 49.9 Å². The Morgan fingerprint density at radius 1 is 1.39 bits per heavy atom. The summed E-state index contributed by atoms with van der Waals surface area (Å²) in [5.41, 5.74) is 1.38. The molecule has 0 heterocycles. The zero-order valence-corrected chi connectivity index (χ0v) is 13.0. The molecule has 102 valence electrons. The lowest BCUT2D eigenvalue weighted by Gasteiger charge is -2.18. The van der Waals surface area contributed by atoms with E-state index in [1.165, 1.54) is 18.4 Å². The largest absolute Gasteiger partial charge is 0.385 e. The molecule has 1 N–H and O–H groups in total. The van der Waals surface area contributed by atoms with Crippen LogP contribution in [0.3, 0.4) is 0 Å². The maximum atomic E-state index is 5.13. The molecule has 1 aromatic rings. The minimum absolute atomic E-state index is 0.550. The predicted octanol–water partition coefficient (Wildman–Crippen LogP) is 3.79. The van der Waals surface area contributed by atoms with E-state index in [0.717, 1.165) is 30.5 Å². The van der Waals surface area contributed by atoms with Gasteiger partial charge in [0, 0.05) is 24.2 Å². The van der Waals surface area contributed by atoms with Gasteiger partial charge in [0.15, 0.2) is 0 Å². The van der Waals surface area contributed by atoms with Gasteiger partial charge < -0.3 is 10.1 Å². The second-order valence-electron chi connectivity index (χ2n) is 4.62. The van der Waals surface area contributed by atoms with Crippen molar-refractivity contribution in [3.05, 3.63) is 34.3 Å². The molecule has 1 atom stereocenters. The van der Waals surface area contributed by atoms with E-state index in [4.69, 9.17) is 4.74 Å². The molecule has 1 aromatic carbocycles. The van der Waals surface area contributed by atoms with Gasteiger partial charge in [-0.15, -0.1) is 0 Å². The highest BCUT2D eigenvalue weighted by atomic mass is 79.9. The number of methoxy groups -OCH3 is 1. The van der Waals surface area contributed by atoms with Crippen LogP contribution < -0.4 is 5.32 Å². The van der Waals surface area contributed by atoms with Crippen molar-refractivity contribution >= 4 is 15.9 Å². The van der Waals surface area contributed by atoms with Gasteiger partial charge in [-0.1, -0.05) is 35.0 Å². The van der Waals surface area contributed by atoms with Crippen LogP contribution in [0.25, 0.3) is 0 Å². The Bertz CT molecular complexity index is 330. The Morgan fingerprint density at radius 3 is 2.89 bits per heavy atom. The molecule has 0 aromatic heterocycles. The number of hydrogen-bond acceptors (Lipinski definition) is 2. The van der Waals surface area contributed by atoms with E-state index in [2.05, 4.69) is 52.4 Å². The van der Waals surface area contributed by atoms with Crippen LogP contribution in [-0.4, -0.2) is 26.3 Å². The van der Waals surface area contributed by atoms with Crippen LogP contribution in [0.15, 0.2) is 28.7 Å². The fourth-order valence-electron chi connectivity index (χ4n) is 2.05. The lowest BCUT2D eigenvalue weighted by atomic mass is 10.0. The van der Waals surface area contributed by atoms with Crippen LogP contribution in [-0.2, 0) is 11.2 Å². The van der Waals surface area contributed by atoms with Crippen LogP contribution in [0.2, 0.25) is 0 Å². The van der Waals surface area contributed by atoms with Gasteiger partial charge in [0.1, 0.15) is 0 Å². The maximum Gasteiger partial charge on any atom is 0.0462 e. The molecule has 18 heavy (non-hydrogen) atoms. The second kappa shape index (κ2) is 9.54. The summed E-state index contributed by atoms with van der Waals surface area (Å²) in [6.07, 6.45) is 4.55. The smallest absolute Gasteiger partial charge is 0.0462 e. The summed E-state index contributed by atoms with van der Waals surface area (Å²) in [6.45, 7) is 4.15. The van der Waals surface area contributed by atoms with E-state index in [1.54, 1.807) is 7.11 Å². The first-order chi connectivity index (χ1) is 8.76. The maximum absolute atomic E-state index is 5.13. The molecule has 0 saturated carbocycles. The summed E-state index contributed by atoms with van der Waals surface area (Å²) in [5, 5.41) is 3.63. The third-order valence-electron chi connectivity index (χ3n) is 2.96. The van der Waals surface area contributed by atoms with Crippen LogP contribution in [0, 0.1) is 0 Å². The Balaban J connectivity index is 2.48. The number of ether oxygens (including phenoxy) is 1. The SMILES string of the molecule is CCCNC(CCCOC)Cc1cccc(Br)c1. The monoisotopic (exact) mass is 313 g/mol. The minimum Gasteiger partial charge on any atom is -0.385 e. The molecule has 0 aliphatic rings. The average Bonchev–Trinajstić information content (AvgIpc) is 2.36. The Morgan fingerprint density at radius 2 is 2.22 bits per heavy atom. The van der Waals surface area contributed by atoms with Gasteiger partial charge in [0.2, 0.25) is 0 Å². The zero-order valence-electron chi connectivity index (χ0n) is 11.4. The van der Waals surface area contributed by atoms with Crippen LogP contribution in [0.5, 0.6) is 0 Å². The Kier molecular flexibility index (Phi) is 8.31. The fraction of sp³-hybridized carbons (Fsp3) is 0.600. The van der Waals surface area contributed by atoms with E-state index >= 15 is 0 Å². The molecule has 0 bridgehead atoms. The second-order valence-corrected chi connectivity index (χ2v) is 5.54. The van der Waals surface area contributed by atoms with Gasteiger partial charge in [0.05, 0.1) is 0 Å². The van der Waals surface area contributed by atoms with Crippen molar-refractivity contribution in [3.8, 4) is 0 Å². The molecule has 1 unspecified atom stereocenters. The van der Waals surface area contributed by atoms with Crippen LogP contribution in [0.1, 0.15) is 31.7 Å². The van der Waals surface area contributed by atoms with Gasteiger partial charge in [0.25, 0.3) is 0 Å². The highest BCUT2D eigenvalue weighted by molar-refractivity contribution is 9.10. The van der Waals surface area contributed by atoms with Crippen LogP contribution in [0.4, 0.5) is 0 Å². The molecule has 0 radical (unpaired) electrons. The Hall–Kier alpha value is -0.380. The summed E-state index contributed by atoms with van der Waals surface area (Å²) >= 11 is 3.53. The quantitative estimate of drug-likeness (QED) is 0.700. The summed E-state index contributed by atoms with van der Waals surface area (Å²) in [7, 11) is 1.77. The minimum atomic E-state index is 0.550. The first-order valence-corrected chi connectivity index (χ1v) is 7.52. The molecular weight excluding hydrogens is 290 g/mol. The molecule has 0 spiro atoms. The van der Waals surface area contributed by atoms with E-state index in [-0.39, 0.29) is 0 Å². The number of halogens is 1. The zero-order chi connectivity index (χ0) is 13.2. The molecule has 0 aliphatic carbocycles. The molecule has 0 fully saturated rings. The summed E-state index contributed by atoms with van der Waals surface area (Å²) in [6, 6.07) is 9.13. The molecule has 1 rings (SSSR count). The number of hydrogen-bond donors (Lipinski definition) is 1. The summed E-state index contributed by atoms with van der Waals surface area (Å²) < 4.78 is 6.29. The molecule has 0 amide bonds. The lowest BCUT2D eigenvalue weighted by molar-refractivity contribution is 0.188. The average molecular weight is 314 g/mol. The first-order valence-electron chi connectivity index (χ1n) is 6.73. The molecule has 2 nitrogen and oxygen atoms in total. The first kappa shape index (κ1) is 15.7. The fourth-order valence-corrected chi connectivity index (χ4v) is 2.49. The number of benzene rings is 1. The highest BCUT2D eigenvalue weighted by Crippen LogP contribution is 2.14. The number of rotatable bonds is 9. The van der Waals surface area contributed by atoms with Crippen molar-refractivity contribution < 1.29 is 4.74 Å². The van der Waals surface area contributed by atoms with Crippen LogP contribution >= 0.6 is 15.9 Å². The third-order valence-corrected chi connectivity index (χ3v) is 3.45. The van der Waals surface area contributed by atoms with Crippen molar-refractivity contribution in [1.29, 1.82) is 0 Å². The van der Waals surface area contributed by atoms with E-state index in [1.807, 2.05) is 0 Å². The van der Waals surface area contributed by atoms with Gasteiger partial charge in [-0.2, -0.15) is 0 Å². The third kappa shape index (κ3) is 6.53. The Labute approximate surface area is 119 Å². The van der Waals surface area contributed by atoms with Crippen molar-refractivity contribution in [2.45, 2.75) is 38.6 Å². The van der Waals surface area contributed by atoms with Gasteiger partial charge in [-0.3, -0.25) is 0 Å². The normalized spacial score (nSPS) is 12.6.